The van der Waals surface area contributed by atoms with Crippen molar-refractivity contribution in [1.29, 1.82) is 0 Å². The molecule has 1 aliphatic rings. The molecule has 2 aromatic carbocycles. The Hall–Kier alpha value is -2.54. The molecule has 1 amide bonds. The van der Waals surface area contributed by atoms with Gasteiger partial charge in [-0.1, -0.05) is 18.2 Å². The SMILES string of the molecule is O=C(c1ccc(C(F)(F)F)cc1)N1CCO[C@H](COc2ccccc2)C1. The van der Waals surface area contributed by atoms with Gasteiger partial charge >= 0.3 is 6.18 Å². The van der Waals surface area contributed by atoms with Gasteiger partial charge in [0.15, 0.2) is 0 Å². The average Bonchev–Trinajstić information content (AvgIpc) is 2.66. The fraction of sp³-hybridized carbons (Fsp3) is 0.316. The van der Waals surface area contributed by atoms with Gasteiger partial charge in [-0.15, -0.1) is 0 Å². The predicted octanol–water partition coefficient (Wildman–Crippen LogP) is 3.63. The molecule has 2 aromatic rings. The van der Waals surface area contributed by atoms with Crippen molar-refractivity contribution in [2.24, 2.45) is 0 Å². The van der Waals surface area contributed by atoms with Crippen molar-refractivity contribution in [2.45, 2.75) is 12.3 Å². The number of ether oxygens (including phenoxy) is 2. The summed E-state index contributed by atoms with van der Waals surface area (Å²) in [5.41, 5.74) is -0.548. The molecule has 0 spiro atoms. The zero-order chi connectivity index (χ0) is 18.6. The number of hydrogen-bond acceptors (Lipinski definition) is 3. The van der Waals surface area contributed by atoms with Gasteiger partial charge in [0.1, 0.15) is 18.5 Å². The Morgan fingerprint density at radius 2 is 1.81 bits per heavy atom. The number of alkyl halides is 3. The normalized spacial score (nSPS) is 17.8. The molecule has 0 N–H and O–H groups in total. The minimum absolute atomic E-state index is 0.225. The van der Waals surface area contributed by atoms with Crippen LogP contribution in [-0.2, 0) is 10.9 Å². The first-order valence-electron chi connectivity index (χ1n) is 8.19. The number of morpholine rings is 1. The predicted molar refractivity (Wildman–Crippen MR) is 89.0 cm³/mol. The highest BCUT2D eigenvalue weighted by Gasteiger charge is 2.31. The molecule has 0 aliphatic carbocycles. The van der Waals surface area contributed by atoms with Crippen molar-refractivity contribution in [3.8, 4) is 5.75 Å². The molecule has 0 bridgehead atoms. The first kappa shape index (κ1) is 18.3. The molecule has 1 saturated heterocycles. The third-order valence-corrected chi connectivity index (χ3v) is 4.06. The molecule has 138 valence electrons. The van der Waals surface area contributed by atoms with Gasteiger partial charge in [-0.2, -0.15) is 13.2 Å². The van der Waals surface area contributed by atoms with E-state index in [1.165, 1.54) is 12.1 Å². The van der Waals surface area contributed by atoms with Gasteiger partial charge in [0, 0.05) is 12.1 Å². The molecular weight excluding hydrogens is 347 g/mol. The highest BCUT2D eigenvalue weighted by molar-refractivity contribution is 5.94. The average molecular weight is 365 g/mol. The van der Waals surface area contributed by atoms with Crippen LogP contribution >= 0.6 is 0 Å². The van der Waals surface area contributed by atoms with E-state index >= 15 is 0 Å². The number of rotatable bonds is 4. The summed E-state index contributed by atoms with van der Waals surface area (Å²) in [6.07, 6.45) is -4.71. The van der Waals surface area contributed by atoms with Crippen molar-refractivity contribution in [1.82, 2.24) is 4.90 Å². The maximum absolute atomic E-state index is 12.6. The summed E-state index contributed by atoms with van der Waals surface area (Å²) in [6, 6.07) is 13.5. The van der Waals surface area contributed by atoms with E-state index in [9.17, 15) is 18.0 Å². The maximum Gasteiger partial charge on any atom is 0.416 e. The molecule has 1 fully saturated rings. The number of hydrogen-bond donors (Lipinski definition) is 0. The van der Waals surface area contributed by atoms with Crippen LogP contribution in [0.25, 0.3) is 0 Å². The summed E-state index contributed by atoms with van der Waals surface area (Å²) in [7, 11) is 0. The largest absolute Gasteiger partial charge is 0.491 e. The van der Waals surface area contributed by atoms with Gasteiger partial charge in [-0.25, -0.2) is 0 Å². The molecule has 4 nitrogen and oxygen atoms in total. The van der Waals surface area contributed by atoms with E-state index in [0.29, 0.717) is 32.1 Å². The lowest BCUT2D eigenvalue weighted by molar-refractivity contribution is -0.137. The third-order valence-electron chi connectivity index (χ3n) is 4.06. The summed E-state index contributed by atoms with van der Waals surface area (Å²) < 4.78 is 49.1. The van der Waals surface area contributed by atoms with Gasteiger partial charge in [0.2, 0.25) is 0 Å². The monoisotopic (exact) mass is 365 g/mol. The molecule has 3 rings (SSSR count). The van der Waals surface area contributed by atoms with Crippen LogP contribution in [0.2, 0.25) is 0 Å². The Balaban J connectivity index is 1.59. The molecule has 0 aromatic heterocycles. The fourth-order valence-electron chi connectivity index (χ4n) is 2.69. The molecule has 1 atom stereocenters. The second kappa shape index (κ2) is 7.78. The van der Waals surface area contributed by atoms with Crippen LogP contribution in [0.4, 0.5) is 13.2 Å². The quantitative estimate of drug-likeness (QED) is 0.831. The Morgan fingerprint density at radius 1 is 1.12 bits per heavy atom. The van der Waals surface area contributed by atoms with Gasteiger partial charge in [0.25, 0.3) is 5.91 Å². The van der Waals surface area contributed by atoms with Crippen LogP contribution in [0.3, 0.4) is 0 Å². The Morgan fingerprint density at radius 3 is 2.46 bits per heavy atom. The second-order valence-electron chi connectivity index (χ2n) is 5.94. The fourth-order valence-corrected chi connectivity index (χ4v) is 2.69. The lowest BCUT2D eigenvalue weighted by Gasteiger charge is -2.33. The molecule has 0 radical (unpaired) electrons. The highest BCUT2D eigenvalue weighted by atomic mass is 19.4. The number of para-hydroxylation sites is 1. The molecule has 7 heteroatoms. The first-order valence-corrected chi connectivity index (χ1v) is 8.19. The first-order chi connectivity index (χ1) is 12.4. The van der Waals surface area contributed by atoms with Crippen molar-refractivity contribution < 1.29 is 27.4 Å². The smallest absolute Gasteiger partial charge is 0.416 e. The topological polar surface area (TPSA) is 38.8 Å². The standard InChI is InChI=1S/C19H18F3NO3/c20-19(21,22)15-8-6-14(7-9-15)18(24)23-10-11-25-17(12-23)13-26-16-4-2-1-3-5-16/h1-9,17H,10-13H2/t17-/m0/s1. The Bertz CT molecular complexity index is 732. The van der Waals surface area contributed by atoms with Crippen molar-refractivity contribution in [3.63, 3.8) is 0 Å². The van der Waals surface area contributed by atoms with E-state index in [1.807, 2.05) is 30.3 Å². The summed E-state index contributed by atoms with van der Waals surface area (Å²) in [4.78, 5) is 14.1. The van der Waals surface area contributed by atoms with Crippen LogP contribution in [0.15, 0.2) is 54.6 Å². The third kappa shape index (κ3) is 4.54. The lowest BCUT2D eigenvalue weighted by Crippen LogP contribution is -2.47. The van der Waals surface area contributed by atoms with Gasteiger partial charge in [-0.3, -0.25) is 4.79 Å². The van der Waals surface area contributed by atoms with E-state index in [4.69, 9.17) is 9.47 Å². The summed E-state index contributed by atoms with van der Waals surface area (Å²) in [6.45, 7) is 1.37. The molecule has 1 aliphatic heterocycles. The Kier molecular flexibility index (Phi) is 5.46. The molecule has 26 heavy (non-hydrogen) atoms. The van der Waals surface area contributed by atoms with E-state index in [-0.39, 0.29) is 17.6 Å². The van der Waals surface area contributed by atoms with Crippen molar-refractivity contribution >= 4 is 5.91 Å². The highest BCUT2D eigenvalue weighted by Crippen LogP contribution is 2.29. The lowest BCUT2D eigenvalue weighted by atomic mass is 10.1. The zero-order valence-corrected chi connectivity index (χ0v) is 13.9. The van der Waals surface area contributed by atoms with Gasteiger partial charge in [0.05, 0.1) is 18.7 Å². The number of carbonyl (C=O) groups excluding carboxylic acids is 1. The molecular formula is C19H18F3NO3. The molecule has 1 heterocycles. The van der Waals surface area contributed by atoms with E-state index in [0.717, 1.165) is 12.1 Å². The Labute approximate surface area is 149 Å². The van der Waals surface area contributed by atoms with Gasteiger partial charge in [-0.05, 0) is 36.4 Å². The summed E-state index contributed by atoms with van der Waals surface area (Å²) in [5.74, 6) is 0.397. The minimum Gasteiger partial charge on any atom is -0.491 e. The van der Waals surface area contributed by atoms with E-state index < -0.39 is 11.7 Å². The summed E-state index contributed by atoms with van der Waals surface area (Å²) >= 11 is 0. The van der Waals surface area contributed by atoms with Crippen LogP contribution in [0.1, 0.15) is 15.9 Å². The number of amides is 1. The summed E-state index contributed by atoms with van der Waals surface area (Å²) in [5, 5.41) is 0. The second-order valence-corrected chi connectivity index (χ2v) is 5.94. The van der Waals surface area contributed by atoms with E-state index in [2.05, 4.69) is 0 Å². The number of halogens is 3. The number of carbonyl (C=O) groups is 1. The van der Waals surface area contributed by atoms with Crippen LogP contribution in [0, 0.1) is 0 Å². The zero-order valence-electron chi connectivity index (χ0n) is 13.9. The number of nitrogens with zero attached hydrogens (tertiary/aromatic N) is 1. The van der Waals surface area contributed by atoms with Crippen LogP contribution < -0.4 is 4.74 Å². The van der Waals surface area contributed by atoms with Crippen LogP contribution in [-0.4, -0.2) is 43.2 Å². The molecule has 0 saturated carbocycles. The van der Waals surface area contributed by atoms with Gasteiger partial charge < -0.3 is 14.4 Å². The maximum atomic E-state index is 12.6. The minimum atomic E-state index is -4.42. The van der Waals surface area contributed by atoms with Crippen molar-refractivity contribution in [2.75, 3.05) is 26.3 Å². The van der Waals surface area contributed by atoms with E-state index in [1.54, 1.807) is 4.90 Å². The molecule has 0 unspecified atom stereocenters. The van der Waals surface area contributed by atoms with Crippen LogP contribution in [0.5, 0.6) is 5.75 Å². The van der Waals surface area contributed by atoms with Crippen molar-refractivity contribution in [3.05, 3.63) is 65.7 Å². The number of benzene rings is 2.